The minimum Gasteiger partial charge on any atom is -0.459 e. The molecule has 4 rings (SSSR count). The van der Waals surface area contributed by atoms with Crippen LogP contribution < -0.4 is 0 Å². The van der Waals surface area contributed by atoms with Crippen LogP contribution in [0.3, 0.4) is 0 Å². The molecular formula is C21H13Cl2FN2O4. The van der Waals surface area contributed by atoms with Gasteiger partial charge in [-0.1, -0.05) is 29.3 Å². The number of nitrogens with zero attached hydrogens (tertiary/aromatic N) is 2. The van der Waals surface area contributed by atoms with Crippen LogP contribution in [0, 0.1) is 5.82 Å². The monoisotopic (exact) mass is 446 g/mol. The summed E-state index contributed by atoms with van der Waals surface area (Å²) in [7, 11) is 0. The molecule has 0 aliphatic carbocycles. The first kappa shape index (κ1) is 20.3. The Kier molecular flexibility index (Phi) is 5.17. The average molecular weight is 447 g/mol. The van der Waals surface area contributed by atoms with Crippen molar-refractivity contribution in [1.82, 2.24) is 9.88 Å². The van der Waals surface area contributed by atoms with Gasteiger partial charge in [0.15, 0.2) is 0 Å². The molecule has 9 heteroatoms. The van der Waals surface area contributed by atoms with Crippen LogP contribution in [0.2, 0.25) is 10.0 Å². The van der Waals surface area contributed by atoms with Crippen LogP contribution in [0.25, 0.3) is 10.9 Å². The normalized spacial score (nSPS) is 14.2. The van der Waals surface area contributed by atoms with E-state index in [4.69, 9.17) is 27.9 Å². The summed E-state index contributed by atoms with van der Waals surface area (Å²) in [5, 5.41) is 0.557. The summed E-state index contributed by atoms with van der Waals surface area (Å²) in [5.74, 6) is -2.56. The molecular weight excluding hydrogens is 434 g/mol. The fraction of sp³-hybridized carbons (Fsp3) is 0.143. The van der Waals surface area contributed by atoms with Crippen LogP contribution in [0.15, 0.2) is 42.6 Å². The van der Waals surface area contributed by atoms with Gasteiger partial charge in [-0.2, -0.15) is 0 Å². The highest BCUT2D eigenvalue weighted by Gasteiger charge is 2.42. The predicted octanol–water partition coefficient (Wildman–Crippen LogP) is 4.41. The molecule has 0 unspecified atom stereocenters. The third-order valence-corrected chi connectivity index (χ3v) is 5.58. The van der Waals surface area contributed by atoms with Crippen molar-refractivity contribution in [2.24, 2.45) is 0 Å². The molecule has 0 spiro atoms. The van der Waals surface area contributed by atoms with Crippen molar-refractivity contribution in [2.45, 2.75) is 19.6 Å². The number of hydrogen-bond donors (Lipinski definition) is 0. The third-order valence-electron chi connectivity index (χ3n) is 4.86. The summed E-state index contributed by atoms with van der Waals surface area (Å²) in [6.45, 7) is 1.19. The van der Waals surface area contributed by atoms with Gasteiger partial charge < -0.3 is 4.74 Å². The van der Waals surface area contributed by atoms with Crippen LogP contribution in [0.5, 0.6) is 0 Å². The SMILES string of the molecule is C[C@@H](C(=O)OCc1ccc(F)c2cccnc12)N1C(=O)c2cc(Cl)c(Cl)cc2C1=O. The number of benzene rings is 2. The van der Waals surface area contributed by atoms with E-state index >= 15 is 0 Å². The fourth-order valence-electron chi connectivity index (χ4n) is 3.29. The number of carbonyl (C=O) groups is 3. The zero-order chi connectivity index (χ0) is 21.6. The highest BCUT2D eigenvalue weighted by Crippen LogP contribution is 2.32. The summed E-state index contributed by atoms with van der Waals surface area (Å²) >= 11 is 11.9. The quantitative estimate of drug-likeness (QED) is 0.438. The third kappa shape index (κ3) is 3.30. The van der Waals surface area contributed by atoms with E-state index in [0.29, 0.717) is 16.5 Å². The number of hydrogen-bond acceptors (Lipinski definition) is 5. The first-order valence-electron chi connectivity index (χ1n) is 8.85. The molecule has 1 aromatic heterocycles. The van der Waals surface area contributed by atoms with E-state index in [0.717, 1.165) is 4.90 Å². The molecule has 1 aliphatic heterocycles. The van der Waals surface area contributed by atoms with Gasteiger partial charge in [0.2, 0.25) is 0 Å². The summed E-state index contributed by atoms with van der Waals surface area (Å²) in [6.07, 6.45) is 1.50. The number of amides is 2. The molecule has 30 heavy (non-hydrogen) atoms. The number of ether oxygens (including phenoxy) is 1. The van der Waals surface area contributed by atoms with Crippen LogP contribution in [-0.4, -0.2) is 33.7 Å². The molecule has 0 saturated carbocycles. The standard InChI is InChI=1S/C21H13Cl2FN2O4/c1-10(26-19(27)13-7-15(22)16(23)8-14(13)20(26)28)21(29)30-9-11-4-5-17(24)12-3-2-6-25-18(11)12/h2-8,10H,9H2,1H3/t10-/m0/s1. The first-order valence-corrected chi connectivity index (χ1v) is 9.61. The molecule has 152 valence electrons. The highest BCUT2D eigenvalue weighted by molar-refractivity contribution is 6.43. The lowest BCUT2D eigenvalue weighted by Gasteiger charge is -2.21. The number of aromatic nitrogens is 1. The number of fused-ring (bicyclic) bond motifs is 2. The smallest absolute Gasteiger partial charge is 0.329 e. The summed E-state index contributed by atoms with van der Waals surface area (Å²) in [6, 6.07) is 7.31. The Morgan fingerprint density at radius 3 is 2.40 bits per heavy atom. The first-order chi connectivity index (χ1) is 14.3. The van der Waals surface area contributed by atoms with Crippen LogP contribution in [0.1, 0.15) is 33.2 Å². The van der Waals surface area contributed by atoms with Gasteiger partial charge in [-0.15, -0.1) is 0 Å². The van der Waals surface area contributed by atoms with E-state index < -0.39 is 29.6 Å². The van der Waals surface area contributed by atoms with Gasteiger partial charge in [0.05, 0.1) is 26.7 Å². The molecule has 3 aromatic rings. The Bertz CT molecular complexity index is 1190. The van der Waals surface area contributed by atoms with Crippen LogP contribution in [0.4, 0.5) is 4.39 Å². The maximum atomic E-state index is 13.9. The van der Waals surface area contributed by atoms with Crippen LogP contribution in [-0.2, 0) is 16.1 Å². The number of halogens is 3. The molecule has 1 atom stereocenters. The van der Waals surface area contributed by atoms with Crippen molar-refractivity contribution >= 4 is 51.9 Å². The lowest BCUT2D eigenvalue weighted by atomic mass is 10.1. The molecule has 0 bridgehead atoms. The minimum absolute atomic E-state index is 0.0720. The topological polar surface area (TPSA) is 76.6 Å². The Labute approximate surface area is 180 Å². The summed E-state index contributed by atoms with van der Waals surface area (Å²) in [5.41, 5.74) is 1.00. The molecule has 2 amide bonds. The van der Waals surface area contributed by atoms with E-state index in [1.54, 1.807) is 12.1 Å². The van der Waals surface area contributed by atoms with E-state index in [-0.39, 0.29) is 27.8 Å². The molecule has 6 nitrogen and oxygen atoms in total. The van der Waals surface area contributed by atoms with E-state index in [9.17, 15) is 18.8 Å². The zero-order valence-electron chi connectivity index (χ0n) is 15.5. The number of esters is 1. The molecule has 2 heterocycles. The Hall–Kier alpha value is -3.03. The van der Waals surface area contributed by atoms with Gasteiger partial charge in [0.1, 0.15) is 18.5 Å². The maximum absolute atomic E-state index is 13.9. The van der Waals surface area contributed by atoms with Crippen molar-refractivity contribution in [3.8, 4) is 0 Å². The van der Waals surface area contributed by atoms with Crippen LogP contribution >= 0.6 is 23.2 Å². The molecule has 0 saturated heterocycles. The maximum Gasteiger partial charge on any atom is 0.329 e. The molecule has 0 N–H and O–H groups in total. The average Bonchev–Trinajstić information content (AvgIpc) is 2.97. The van der Waals surface area contributed by atoms with Gasteiger partial charge in [-0.25, -0.2) is 9.18 Å². The second-order valence-electron chi connectivity index (χ2n) is 6.68. The summed E-state index contributed by atoms with van der Waals surface area (Å²) < 4.78 is 19.2. The number of imide groups is 1. The number of rotatable bonds is 4. The molecule has 1 aliphatic rings. The summed E-state index contributed by atoms with van der Waals surface area (Å²) in [4.78, 5) is 42.8. The van der Waals surface area contributed by atoms with Crippen molar-refractivity contribution in [1.29, 1.82) is 0 Å². The number of pyridine rings is 1. The fourth-order valence-corrected chi connectivity index (χ4v) is 3.62. The Balaban J connectivity index is 1.53. The van der Waals surface area contributed by atoms with E-state index in [2.05, 4.69) is 4.98 Å². The second kappa shape index (κ2) is 7.66. The van der Waals surface area contributed by atoms with E-state index in [1.807, 2.05) is 0 Å². The van der Waals surface area contributed by atoms with Gasteiger partial charge in [0, 0.05) is 17.1 Å². The zero-order valence-corrected chi connectivity index (χ0v) is 17.0. The van der Waals surface area contributed by atoms with Gasteiger partial charge in [-0.3, -0.25) is 19.5 Å². The van der Waals surface area contributed by atoms with Gasteiger partial charge in [-0.05, 0) is 37.3 Å². The van der Waals surface area contributed by atoms with Crippen molar-refractivity contribution in [3.63, 3.8) is 0 Å². The highest BCUT2D eigenvalue weighted by atomic mass is 35.5. The number of carbonyl (C=O) groups excluding carboxylic acids is 3. The molecule has 0 fully saturated rings. The van der Waals surface area contributed by atoms with Gasteiger partial charge in [0.25, 0.3) is 11.8 Å². The predicted molar refractivity (Wildman–Crippen MR) is 108 cm³/mol. The van der Waals surface area contributed by atoms with E-state index in [1.165, 1.54) is 37.4 Å². The largest absolute Gasteiger partial charge is 0.459 e. The van der Waals surface area contributed by atoms with Crippen molar-refractivity contribution < 1.29 is 23.5 Å². The molecule has 2 aromatic carbocycles. The Morgan fingerprint density at radius 1 is 1.13 bits per heavy atom. The van der Waals surface area contributed by atoms with Crippen molar-refractivity contribution in [2.75, 3.05) is 0 Å². The van der Waals surface area contributed by atoms with Gasteiger partial charge >= 0.3 is 5.97 Å². The lowest BCUT2D eigenvalue weighted by Crippen LogP contribution is -2.43. The molecule has 0 radical (unpaired) electrons. The lowest BCUT2D eigenvalue weighted by molar-refractivity contribution is -0.149. The minimum atomic E-state index is -1.19. The van der Waals surface area contributed by atoms with Crippen molar-refractivity contribution in [3.05, 3.63) is 75.1 Å². The second-order valence-corrected chi connectivity index (χ2v) is 7.50. The Morgan fingerprint density at radius 2 is 1.77 bits per heavy atom.